The number of aromatic hydroxyl groups is 1. The molecule has 1 aromatic heterocycles. The number of phenols is 1. The standard InChI is InChI=1S/C14H17NO2S/c1-9(2)14-15-11(8-18-14)7-17-13-5-10(3)4-12(16)6-13/h4-6,8-9,16H,7H2,1-3H3. The molecule has 0 aliphatic rings. The Hall–Kier alpha value is -1.55. The van der Waals surface area contributed by atoms with E-state index in [2.05, 4.69) is 18.8 Å². The molecule has 0 atom stereocenters. The third-order valence-electron chi connectivity index (χ3n) is 2.49. The van der Waals surface area contributed by atoms with Crippen molar-refractivity contribution in [1.82, 2.24) is 4.98 Å². The quantitative estimate of drug-likeness (QED) is 0.910. The second kappa shape index (κ2) is 5.40. The Morgan fingerprint density at radius 2 is 2.11 bits per heavy atom. The average Bonchev–Trinajstić information content (AvgIpc) is 2.73. The maximum Gasteiger partial charge on any atom is 0.131 e. The number of benzene rings is 1. The molecule has 1 heterocycles. The molecule has 2 aromatic rings. The summed E-state index contributed by atoms with van der Waals surface area (Å²) in [7, 11) is 0. The molecular weight excluding hydrogens is 246 g/mol. The van der Waals surface area contributed by atoms with Crippen LogP contribution in [0.2, 0.25) is 0 Å². The van der Waals surface area contributed by atoms with E-state index in [0.29, 0.717) is 18.3 Å². The summed E-state index contributed by atoms with van der Waals surface area (Å²) < 4.78 is 5.63. The fourth-order valence-corrected chi connectivity index (χ4v) is 2.44. The average molecular weight is 263 g/mol. The SMILES string of the molecule is Cc1cc(O)cc(OCc2csc(C(C)C)n2)c1. The molecule has 0 aliphatic carbocycles. The van der Waals surface area contributed by atoms with Gasteiger partial charge >= 0.3 is 0 Å². The Morgan fingerprint density at radius 1 is 1.33 bits per heavy atom. The van der Waals surface area contributed by atoms with E-state index < -0.39 is 0 Å². The van der Waals surface area contributed by atoms with Crippen LogP contribution in [0.3, 0.4) is 0 Å². The molecular formula is C14H17NO2S. The Bertz CT molecular complexity index is 514. The lowest BCUT2D eigenvalue weighted by molar-refractivity contribution is 0.300. The summed E-state index contributed by atoms with van der Waals surface area (Å²) in [4.78, 5) is 4.50. The van der Waals surface area contributed by atoms with Gasteiger partial charge in [0.05, 0.1) is 10.7 Å². The summed E-state index contributed by atoms with van der Waals surface area (Å²) in [5.74, 6) is 1.35. The van der Waals surface area contributed by atoms with Crippen LogP contribution in [0, 0.1) is 6.92 Å². The van der Waals surface area contributed by atoms with Gasteiger partial charge in [0.2, 0.25) is 0 Å². The third-order valence-corrected chi connectivity index (χ3v) is 3.68. The molecule has 1 aromatic carbocycles. The second-order valence-electron chi connectivity index (χ2n) is 4.62. The van der Waals surface area contributed by atoms with E-state index in [1.54, 1.807) is 23.5 Å². The predicted octanol–water partition coefficient (Wildman–Crippen LogP) is 3.86. The summed E-state index contributed by atoms with van der Waals surface area (Å²) in [6.07, 6.45) is 0. The molecule has 0 amide bonds. The van der Waals surface area contributed by atoms with E-state index in [4.69, 9.17) is 4.74 Å². The van der Waals surface area contributed by atoms with Crippen LogP contribution in [0.15, 0.2) is 23.6 Å². The van der Waals surface area contributed by atoms with E-state index in [1.165, 1.54) is 0 Å². The largest absolute Gasteiger partial charge is 0.508 e. The number of thiazole rings is 1. The van der Waals surface area contributed by atoms with Crippen LogP contribution in [0.1, 0.15) is 36.0 Å². The molecule has 0 bridgehead atoms. The lowest BCUT2D eigenvalue weighted by Crippen LogP contribution is -1.97. The molecule has 96 valence electrons. The highest BCUT2D eigenvalue weighted by Crippen LogP contribution is 2.23. The van der Waals surface area contributed by atoms with Crippen LogP contribution in [-0.4, -0.2) is 10.1 Å². The lowest BCUT2D eigenvalue weighted by atomic mass is 10.2. The molecule has 0 saturated carbocycles. The molecule has 2 rings (SSSR count). The maximum atomic E-state index is 9.47. The predicted molar refractivity (Wildman–Crippen MR) is 73.4 cm³/mol. The molecule has 4 heteroatoms. The number of phenolic OH excluding ortho intramolecular Hbond substituents is 1. The number of aromatic nitrogens is 1. The summed E-state index contributed by atoms with van der Waals surface area (Å²) in [5.41, 5.74) is 1.91. The Balaban J connectivity index is 2.02. The highest BCUT2D eigenvalue weighted by atomic mass is 32.1. The Morgan fingerprint density at radius 3 is 2.72 bits per heavy atom. The zero-order valence-corrected chi connectivity index (χ0v) is 11.6. The minimum Gasteiger partial charge on any atom is -0.508 e. The first kappa shape index (κ1) is 12.9. The Kier molecular flexibility index (Phi) is 3.87. The molecule has 3 nitrogen and oxygen atoms in total. The van der Waals surface area contributed by atoms with Crippen molar-refractivity contribution in [2.75, 3.05) is 0 Å². The molecule has 0 fully saturated rings. The van der Waals surface area contributed by atoms with E-state index in [-0.39, 0.29) is 5.75 Å². The van der Waals surface area contributed by atoms with Gasteiger partial charge in [0.25, 0.3) is 0 Å². The van der Waals surface area contributed by atoms with Crippen molar-refractivity contribution in [1.29, 1.82) is 0 Å². The first-order valence-corrected chi connectivity index (χ1v) is 6.80. The van der Waals surface area contributed by atoms with Crippen LogP contribution in [0.25, 0.3) is 0 Å². The molecule has 0 saturated heterocycles. The van der Waals surface area contributed by atoms with Crippen molar-refractivity contribution in [2.45, 2.75) is 33.3 Å². The highest BCUT2D eigenvalue weighted by Gasteiger charge is 2.06. The van der Waals surface area contributed by atoms with Gasteiger partial charge in [0, 0.05) is 17.4 Å². The van der Waals surface area contributed by atoms with Crippen molar-refractivity contribution in [2.24, 2.45) is 0 Å². The minimum atomic E-state index is 0.228. The third kappa shape index (κ3) is 3.23. The monoisotopic (exact) mass is 263 g/mol. The fraction of sp³-hybridized carbons (Fsp3) is 0.357. The van der Waals surface area contributed by atoms with Gasteiger partial charge in [0.1, 0.15) is 18.1 Å². The summed E-state index contributed by atoms with van der Waals surface area (Å²) in [6.45, 7) is 6.61. The molecule has 18 heavy (non-hydrogen) atoms. The van der Waals surface area contributed by atoms with Gasteiger partial charge in [-0.3, -0.25) is 0 Å². The van der Waals surface area contributed by atoms with E-state index >= 15 is 0 Å². The van der Waals surface area contributed by atoms with E-state index in [0.717, 1.165) is 16.3 Å². The zero-order valence-electron chi connectivity index (χ0n) is 10.8. The van der Waals surface area contributed by atoms with Gasteiger partial charge in [-0.2, -0.15) is 0 Å². The van der Waals surface area contributed by atoms with E-state index in [1.807, 2.05) is 18.4 Å². The number of hydrogen-bond acceptors (Lipinski definition) is 4. The lowest BCUT2D eigenvalue weighted by Gasteiger charge is -2.06. The molecule has 0 spiro atoms. The van der Waals surface area contributed by atoms with Gasteiger partial charge in [-0.25, -0.2) is 4.98 Å². The normalized spacial score (nSPS) is 10.9. The van der Waals surface area contributed by atoms with Crippen molar-refractivity contribution < 1.29 is 9.84 Å². The van der Waals surface area contributed by atoms with Crippen molar-refractivity contribution in [3.8, 4) is 11.5 Å². The Labute approximate surface area is 111 Å². The number of aryl methyl sites for hydroxylation is 1. The highest BCUT2D eigenvalue weighted by molar-refractivity contribution is 7.09. The van der Waals surface area contributed by atoms with E-state index in [9.17, 15) is 5.11 Å². The number of nitrogens with zero attached hydrogens (tertiary/aromatic N) is 1. The first-order valence-electron chi connectivity index (χ1n) is 5.92. The second-order valence-corrected chi connectivity index (χ2v) is 5.51. The van der Waals surface area contributed by atoms with Crippen molar-refractivity contribution in [3.05, 3.63) is 39.8 Å². The van der Waals surface area contributed by atoms with Gasteiger partial charge in [-0.1, -0.05) is 13.8 Å². The number of ether oxygens (including phenoxy) is 1. The van der Waals surface area contributed by atoms with Gasteiger partial charge in [-0.05, 0) is 24.6 Å². The summed E-state index contributed by atoms with van der Waals surface area (Å²) >= 11 is 1.66. The number of hydrogen-bond donors (Lipinski definition) is 1. The van der Waals surface area contributed by atoms with Crippen LogP contribution in [-0.2, 0) is 6.61 Å². The molecule has 0 radical (unpaired) electrons. The van der Waals surface area contributed by atoms with Crippen LogP contribution in [0.4, 0.5) is 0 Å². The molecule has 0 unspecified atom stereocenters. The van der Waals surface area contributed by atoms with Crippen molar-refractivity contribution >= 4 is 11.3 Å². The molecule has 1 N–H and O–H groups in total. The summed E-state index contributed by atoms with van der Waals surface area (Å²) in [5, 5.41) is 12.6. The number of rotatable bonds is 4. The topological polar surface area (TPSA) is 42.4 Å². The first-order chi connectivity index (χ1) is 8.54. The minimum absolute atomic E-state index is 0.228. The van der Waals surface area contributed by atoms with Crippen LogP contribution >= 0.6 is 11.3 Å². The zero-order chi connectivity index (χ0) is 13.1. The van der Waals surface area contributed by atoms with Gasteiger partial charge < -0.3 is 9.84 Å². The smallest absolute Gasteiger partial charge is 0.131 e. The summed E-state index contributed by atoms with van der Waals surface area (Å²) in [6, 6.07) is 5.21. The van der Waals surface area contributed by atoms with Gasteiger partial charge in [-0.15, -0.1) is 11.3 Å². The van der Waals surface area contributed by atoms with Gasteiger partial charge in [0.15, 0.2) is 0 Å². The maximum absolute atomic E-state index is 9.47. The van der Waals surface area contributed by atoms with Crippen LogP contribution < -0.4 is 4.74 Å². The van der Waals surface area contributed by atoms with Crippen LogP contribution in [0.5, 0.6) is 11.5 Å². The molecule has 0 aliphatic heterocycles. The fourth-order valence-electron chi connectivity index (χ4n) is 1.62. The van der Waals surface area contributed by atoms with Crippen molar-refractivity contribution in [3.63, 3.8) is 0 Å².